The van der Waals surface area contributed by atoms with Crippen molar-refractivity contribution in [2.75, 3.05) is 25.9 Å². The fourth-order valence-electron chi connectivity index (χ4n) is 4.17. The molecule has 4 rings (SSSR count). The Labute approximate surface area is 188 Å². The van der Waals surface area contributed by atoms with Crippen molar-refractivity contribution >= 4 is 27.0 Å². The molecule has 2 aromatic heterocycles. The molecule has 1 aromatic carbocycles. The highest BCUT2D eigenvalue weighted by Gasteiger charge is 2.31. The lowest BCUT2D eigenvalue weighted by molar-refractivity contribution is 0.0688. The van der Waals surface area contributed by atoms with Crippen molar-refractivity contribution in [2.45, 2.75) is 39.7 Å². The Kier molecular flexibility index (Phi) is 6.05. The minimum Gasteiger partial charge on any atom is -0.339 e. The van der Waals surface area contributed by atoms with Gasteiger partial charge in [-0.15, -0.1) is 0 Å². The van der Waals surface area contributed by atoms with Gasteiger partial charge in [0.15, 0.2) is 0 Å². The summed E-state index contributed by atoms with van der Waals surface area (Å²) in [7, 11) is -1.63. The van der Waals surface area contributed by atoms with Crippen molar-refractivity contribution in [3.63, 3.8) is 0 Å². The lowest BCUT2D eigenvalue weighted by Crippen LogP contribution is -2.47. The average molecular weight is 457 g/mol. The number of sulfonamides is 1. The van der Waals surface area contributed by atoms with Gasteiger partial charge in [0.2, 0.25) is 10.0 Å². The number of aryl methyl sites for hydroxylation is 2. The topological polar surface area (TPSA) is 96.6 Å². The summed E-state index contributed by atoms with van der Waals surface area (Å²) >= 11 is 0. The molecule has 3 aromatic rings. The molecule has 1 aliphatic rings. The lowest BCUT2D eigenvalue weighted by Gasteiger charge is -2.36. The number of piperidine rings is 1. The van der Waals surface area contributed by atoms with E-state index in [1.54, 1.807) is 31.9 Å². The van der Waals surface area contributed by atoms with Crippen molar-refractivity contribution in [1.29, 1.82) is 0 Å². The monoisotopic (exact) mass is 456 g/mol. The Morgan fingerprint density at radius 2 is 1.84 bits per heavy atom. The Balaban J connectivity index is 1.62. The third-order valence-electron chi connectivity index (χ3n) is 6.26. The first-order valence-electron chi connectivity index (χ1n) is 10.8. The molecule has 0 spiro atoms. The zero-order valence-corrected chi connectivity index (χ0v) is 19.6. The molecular weight excluding hydrogens is 428 g/mol. The van der Waals surface area contributed by atoms with Crippen LogP contribution in [-0.4, -0.2) is 65.6 Å². The standard InChI is InChI=1S/C23H28N4O4S/c1-5-32(29,30)26(4)18-10-12-27(13-11-18)23(28)19-14-20(17-8-6-15(2)7-9-17)24-22-21(19)16(3)25-31-22/h6-9,14,18H,5,10-13H2,1-4H3. The first kappa shape index (κ1) is 22.4. The number of aromatic nitrogens is 2. The number of fused-ring (bicyclic) bond motifs is 1. The summed E-state index contributed by atoms with van der Waals surface area (Å²) in [5, 5.41) is 4.65. The zero-order chi connectivity index (χ0) is 23.0. The van der Waals surface area contributed by atoms with E-state index in [4.69, 9.17) is 4.52 Å². The third-order valence-corrected chi connectivity index (χ3v) is 8.17. The van der Waals surface area contributed by atoms with Crippen LogP contribution >= 0.6 is 0 Å². The Bertz CT molecular complexity index is 1240. The van der Waals surface area contributed by atoms with Crippen molar-refractivity contribution in [1.82, 2.24) is 19.3 Å². The molecule has 0 atom stereocenters. The largest absolute Gasteiger partial charge is 0.339 e. The minimum atomic E-state index is -3.25. The second-order valence-corrected chi connectivity index (χ2v) is 10.6. The lowest BCUT2D eigenvalue weighted by atomic mass is 10.0. The van der Waals surface area contributed by atoms with E-state index in [0.29, 0.717) is 54.0 Å². The molecule has 32 heavy (non-hydrogen) atoms. The van der Waals surface area contributed by atoms with E-state index in [1.165, 1.54) is 4.31 Å². The number of amides is 1. The minimum absolute atomic E-state index is 0.0756. The molecule has 0 saturated carbocycles. The molecule has 1 saturated heterocycles. The van der Waals surface area contributed by atoms with Crippen LogP contribution in [0.5, 0.6) is 0 Å². The summed E-state index contributed by atoms with van der Waals surface area (Å²) in [4.78, 5) is 19.9. The van der Waals surface area contributed by atoms with Crippen LogP contribution in [0.25, 0.3) is 22.4 Å². The summed E-state index contributed by atoms with van der Waals surface area (Å²) in [6.07, 6.45) is 1.20. The van der Waals surface area contributed by atoms with Gasteiger partial charge in [-0.2, -0.15) is 0 Å². The number of rotatable bonds is 5. The van der Waals surface area contributed by atoms with Crippen LogP contribution in [-0.2, 0) is 10.0 Å². The van der Waals surface area contributed by atoms with Gasteiger partial charge >= 0.3 is 0 Å². The van der Waals surface area contributed by atoms with Crippen LogP contribution < -0.4 is 0 Å². The zero-order valence-electron chi connectivity index (χ0n) is 18.8. The number of nitrogens with zero attached hydrogens (tertiary/aromatic N) is 4. The molecule has 1 amide bonds. The maximum Gasteiger partial charge on any atom is 0.259 e. The van der Waals surface area contributed by atoms with Crippen LogP contribution in [0, 0.1) is 13.8 Å². The fourth-order valence-corrected chi connectivity index (χ4v) is 5.24. The third kappa shape index (κ3) is 4.14. The van der Waals surface area contributed by atoms with Crippen LogP contribution in [0.1, 0.15) is 41.4 Å². The van der Waals surface area contributed by atoms with Gasteiger partial charge in [0.25, 0.3) is 11.6 Å². The number of carbonyl (C=O) groups is 1. The van der Waals surface area contributed by atoms with E-state index in [1.807, 2.05) is 31.2 Å². The summed E-state index contributed by atoms with van der Waals surface area (Å²) in [5.74, 6) is -0.0387. The van der Waals surface area contributed by atoms with Gasteiger partial charge < -0.3 is 9.42 Å². The molecule has 0 aliphatic carbocycles. The predicted molar refractivity (Wildman–Crippen MR) is 123 cm³/mol. The average Bonchev–Trinajstić information content (AvgIpc) is 3.18. The highest BCUT2D eigenvalue weighted by molar-refractivity contribution is 7.89. The van der Waals surface area contributed by atoms with Crippen LogP contribution in [0.15, 0.2) is 34.9 Å². The summed E-state index contributed by atoms with van der Waals surface area (Å²) in [6.45, 7) is 6.43. The SMILES string of the molecule is CCS(=O)(=O)N(C)C1CCN(C(=O)c2cc(-c3ccc(C)cc3)nc3onc(C)c23)CC1. The maximum atomic E-state index is 13.5. The van der Waals surface area contributed by atoms with Gasteiger partial charge in [0.05, 0.1) is 28.1 Å². The summed E-state index contributed by atoms with van der Waals surface area (Å²) < 4.78 is 31.3. The molecule has 3 heterocycles. The van der Waals surface area contributed by atoms with Crippen molar-refractivity contribution in [3.8, 4) is 11.3 Å². The molecule has 0 unspecified atom stereocenters. The van der Waals surface area contributed by atoms with Crippen LogP contribution in [0.4, 0.5) is 0 Å². The first-order chi connectivity index (χ1) is 15.2. The molecule has 0 bridgehead atoms. The molecule has 170 valence electrons. The first-order valence-corrected chi connectivity index (χ1v) is 12.4. The number of hydrogen-bond donors (Lipinski definition) is 0. The Morgan fingerprint density at radius 3 is 2.47 bits per heavy atom. The molecule has 1 aliphatic heterocycles. The maximum absolute atomic E-state index is 13.5. The number of likely N-dealkylation sites (tertiary alicyclic amines) is 1. The molecule has 1 fully saturated rings. The second-order valence-electron chi connectivity index (χ2n) is 8.31. The van der Waals surface area contributed by atoms with Crippen molar-refractivity contribution < 1.29 is 17.7 Å². The van der Waals surface area contributed by atoms with Crippen LogP contribution in [0.3, 0.4) is 0 Å². The van der Waals surface area contributed by atoms with Crippen molar-refractivity contribution in [3.05, 3.63) is 47.2 Å². The molecular formula is C23H28N4O4S. The van der Waals surface area contributed by atoms with Gasteiger partial charge in [-0.25, -0.2) is 17.7 Å². The van der Waals surface area contributed by atoms with E-state index in [-0.39, 0.29) is 17.7 Å². The molecule has 9 heteroatoms. The van der Waals surface area contributed by atoms with Gasteiger partial charge in [0.1, 0.15) is 0 Å². The van der Waals surface area contributed by atoms with Gasteiger partial charge in [-0.3, -0.25) is 4.79 Å². The highest BCUT2D eigenvalue weighted by Crippen LogP contribution is 2.29. The Hall–Kier alpha value is -2.78. The number of pyridine rings is 1. The van der Waals surface area contributed by atoms with E-state index in [9.17, 15) is 13.2 Å². The second kappa shape index (κ2) is 8.63. The summed E-state index contributed by atoms with van der Waals surface area (Å²) in [5.41, 5.74) is 4.16. The van der Waals surface area contributed by atoms with Gasteiger partial charge in [-0.05, 0) is 39.7 Å². The van der Waals surface area contributed by atoms with Crippen LogP contribution in [0.2, 0.25) is 0 Å². The number of benzene rings is 1. The molecule has 8 nitrogen and oxygen atoms in total. The van der Waals surface area contributed by atoms with E-state index >= 15 is 0 Å². The summed E-state index contributed by atoms with van der Waals surface area (Å²) in [6, 6.07) is 9.65. The number of carbonyl (C=O) groups excluding carboxylic acids is 1. The van der Waals surface area contributed by atoms with E-state index in [0.717, 1.165) is 11.1 Å². The molecule has 0 radical (unpaired) electrons. The smallest absolute Gasteiger partial charge is 0.259 e. The van der Waals surface area contributed by atoms with E-state index in [2.05, 4.69) is 10.1 Å². The van der Waals surface area contributed by atoms with Gasteiger partial charge in [-0.1, -0.05) is 35.0 Å². The van der Waals surface area contributed by atoms with Crippen molar-refractivity contribution in [2.24, 2.45) is 0 Å². The quantitative estimate of drug-likeness (QED) is 0.584. The fraction of sp³-hybridized carbons (Fsp3) is 0.435. The highest BCUT2D eigenvalue weighted by atomic mass is 32.2. The molecule has 0 N–H and O–H groups in total. The normalized spacial score (nSPS) is 15.6. The number of hydrogen-bond acceptors (Lipinski definition) is 6. The van der Waals surface area contributed by atoms with Gasteiger partial charge in [0, 0.05) is 31.7 Å². The predicted octanol–water partition coefficient (Wildman–Crippen LogP) is 3.39. The Morgan fingerprint density at radius 1 is 1.19 bits per heavy atom. The van der Waals surface area contributed by atoms with E-state index < -0.39 is 10.0 Å².